The fourth-order valence-electron chi connectivity index (χ4n) is 4.15. The number of carbonyl (C=O) groups excluding carboxylic acids is 2. The Morgan fingerprint density at radius 2 is 1.97 bits per heavy atom. The van der Waals surface area contributed by atoms with E-state index in [9.17, 15) is 23.5 Å². The van der Waals surface area contributed by atoms with E-state index in [0.29, 0.717) is 24.9 Å². The van der Waals surface area contributed by atoms with E-state index in [1.165, 1.54) is 29.3 Å². The van der Waals surface area contributed by atoms with Crippen LogP contribution in [0.25, 0.3) is 0 Å². The topological polar surface area (TPSA) is 72.9 Å². The number of carbonyl (C=O) groups is 2. The van der Waals surface area contributed by atoms with Crippen LogP contribution in [0.4, 0.5) is 14.5 Å². The number of hydrogen-bond acceptors (Lipinski definition) is 4. The first-order valence-electron chi connectivity index (χ1n) is 9.86. The molecule has 4 rings (SSSR count). The molecule has 0 bridgehead atoms. The summed E-state index contributed by atoms with van der Waals surface area (Å²) in [6, 6.07) is 8.52. The molecule has 2 amide bonds. The van der Waals surface area contributed by atoms with Gasteiger partial charge in [-0.2, -0.15) is 0 Å². The monoisotopic (exact) mass is 569 g/mol. The van der Waals surface area contributed by atoms with Crippen LogP contribution in [-0.2, 0) is 16.1 Å². The fourth-order valence-corrected chi connectivity index (χ4v) is 4.78. The van der Waals surface area contributed by atoms with Gasteiger partial charge in [0.05, 0.1) is 21.0 Å². The minimum atomic E-state index is -0.967. The van der Waals surface area contributed by atoms with Gasteiger partial charge in [0.2, 0.25) is 0 Å². The van der Waals surface area contributed by atoms with Crippen molar-refractivity contribution in [3.05, 3.63) is 73.9 Å². The number of anilines is 1. The highest BCUT2D eigenvalue weighted by molar-refractivity contribution is 9.10. The third-order valence-electron chi connectivity index (χ3n) is 5.85. The molecule has 0 spiro atoms. The predicted octanol–water partition coefficient (Wildman–Crippen LogP) is 5.05. The van der Waals surface area contributed by atoms with Crippen LogP contribution >= 0.6 is 31.9 Å². The van der Waals surface area contributed by atoms with Crippen LogP contribution in [0.5, 0.6) is 0 Å². The predicted molar refractivity (Wildman–Crippen MR) is 121 cm³/mol. The van der Waals surface area contributed by atoms with Crippen molar-refractivity contribution in [2.45, 2.75) is 31.8 Å². The summed E-state index contributed by atoms with van der Waals surface area (Å²) in [5.41, 5.74) is -0.724. The van der Waals surface area contributed by atoms with Crippen molar-refractivity contribution in [3.63, 3.8) is 0 Å². The van der Waals surface area contributed by atoms with Crippen molar-refractivity contribution in [1.29, 1.82) is 0 Å². The number of nitrogens with one attached hydrogen (secondary N) is 1. The molecular weight excluding hydrogens is 552 g/mol. The van der Waals surface area contributed by atoms with Crippen LogP contribution in [0.15, 0.2) is 56.7 Å². The van der Waals surface area contributed by atoms with E-state index in [4.69, 9.17) is 0 Å². The molecule has 1 fully saturated rings. The quantitative estimate of drug-likeness (QED) is 0.505. The average Bonchev–Trinajstić information content (AvgIpc) is 3.14. The van der Waals surface area contributed by atoms with E-state index in [2.05, 4.69) is 37.2 Å². The molecule has 32 heavy (non-hydrogen) atoms. The SMILES string of the molecule is C[C@]12CCCN1N(Cc1cccc(F)c1Br)C(=O)C(C(=O)Nc1ccc(Br)c(F)c1)=C2O. The molecule has 0 aromatic heterocycles. The molecule has 2 aliphatic heterocycles. The molecule has 168 valence electrons. The summed E-state index contributed by atoms with van der Waals surface area (Å²) in [5, 5.41) is 16.6. The molecule has 2 aromatic rings. The molecule has 0 saturated carbocycles. The highest BCUT2D eigenvalue weighted by atomic mass is 79.9. The van der Waals surface area contributed by atoms with Crippen LogP contribution in [0.2, 0.25) is 0 Å². The number of benzene rings is 2. The maximum atomic E-state index is 14.0. The Morgan fingerprint density at radius 3 is 2.69 bits per heavy atom. The molecular formula is C22H19Br2F2N3O3. The number of fused-ring (bicyclic) bond motifs is 1. The Morgan fingerprint density at radius 1 is 1.22 bits per heavy atom. The Balaban J connectivity index is 1.71. The zero-order valence-corrected chi connectivity index (χ0v) is 20.1. The molecule has 6 nitrogen and oxygen atoms in total. The highest BCUT2D eigenvalue weighted by Gasteiger charge is 2.52. The lowest BCUT2D eigenvalue weighted by Crippen LogP contribution is -2.60. The van der Waals surface area contributed by atoms with Gasteiger partial charge in [0, 0.05) is 12.2 Å². The van der Waals surface area contributed by atoms with Crippen LogP contribution in [-0.4, -0.2) is 39.0 Å². The first-order valence-corrected chi connectivity index (χ1v) is 11.4. The number of nitrogens with zero attached hydrogens (tertiary/aromatic N) is 2. The molecule has 0 unspecified atom stereocenters. The van der Waals surface area contributed by atoms with Crippen LogP contribution in [0, 0.1) is 11.6 Å². The molecule has 2 N–H and O–H groups in total. The van der Waals surface area contributed by atoms with Gasteiger partial charge >= 0.3 is 0 Å². The van der Waals surface area contributed by atoms with Crippen LogP contribution in [0.3, 0.4) is 0 Å². The maximum absolute atomic E-state index is 14.0. The number of halogens is 4. The van der Waals surface area contributed by atoms with Crippen molar-refractivity contribution in [2.24, 2.45) is 0 Å². The van der Waals surface area contributed by atoms with Crippen LogP contribution < -0.4 is 5.32 Å². The summed E-state index contributed by atoms with van der Waals surface area (Å²) in [7, 11) is 0. The fraction of sp³-hybridized carbons (Fsp3) is 0.273. The van der Waals surface area contributed by atoms with Crippen molar-refractivity contribution >= 4 is 49.4 Å². The van der Waals surface area contributed by atoms with Gasteiger partial charge in [-0.1, -0.05) is 12.1 Å². The number of aliphatic hydroxyl groups excluding tert-OH is 1. The molecule has 0 radical (unpaired) electrons. The van der Waals surface area contributed by atoms with Gasteiger partial charge < -0.3 is 10.4 Å². The van der Waals surface area contributed by atoms with E-state index >= 15 is 0 Å². The lowest BCUT2D eigenvalue weighted by Gasteiger charge is -2.46. The smallest absolute Gasteiger partial charge is 0.277 e. The van der Waals surface area contributed by atoms with Crippen molar-refractivity contribution in [3.8, 4) is 0 Å². The summed E-state index contributed by atoms with van der Waals surface area (Å²) < 4.78 is 28.3. The molecule has 0 aliphatic carbocycles. The van der Waals surface area contributed by atoms with E-state index in [1.807, 2.05) is 0 Å². The number of hydrogen-bond donors (Lipinski definition) is 2. The number of rotatable bonds is 4. The standard InChI is InChI=1S/C22H19Br2F2N3O3/c1-22-8-3-9-29(22)28(11-12-4-2-5-15(25)18(12)24)21(32)17(19(22)30)20(31)27-13-6-7-14(23)16(26)10-13/h2,4-7,10,30H,3,8-9,11H2,1H3,(H,27,31)/t22-/m1/s1. The van der Waals surface area contributed by atoms with Crippen molar-refractivity contribution < 1.29 is 23.5 Å². The summed E-state index contributed by atoms with van der Waals surface area (Å²) >= 11 is 6.26. The third-order valence-corrected chi connectivity index (χ3v) is 7.38. The maximum Gasteiger partial charge on any atom is 0.277 e. The zero-order valence-electron chi connectivity index (χ0n) is 17.0. The van der Waals surface area contributed by atoms with E-state index < -0.39 is 34.6 Å². The summed E-state index contributed by atoms with van der Waals surface area (Å²) in [6.45, 7) is 2.25. The molecule has 1 saturated heterocycles. The van der Waals surface area contributed by atoms with Gasteiger partial charge in [0.25, 0.3) is 11.8 Å². The number of amides is 2. The van der Waals surface area contributed by atoms with Gasteiger partial charge in [-0.25, -0.2) is 13.8 Å². The first-order chi connectivity index (χ1) is 15.1. The van der Waals surface area contributed by atoms with Crippen molar-refractivity contribution in [1.82, 2.24) is 10.0 Å². The Labute approximate surface area is 200 Å². The Kier molecular flexibility index (Phi) is 6.12. The van der Waals surface area contributed by atoms with E-state index in [1.54, 1.807) is 18.0 Å². The lowest BCUT2D eigenvalue weighted by atomic mass is 9.90. The second-order valence-corrected chi connectivity index (χ2v) is 9.53. The normalized spacial score (nSPS) is 21.2. The van der Waals surface area contributed by atoms with E-state index in [0.717, 1.165) is 6.07 Å². The number of hydrazine groups is 1. The minimum absolute atomic E-state index is 0.00371. The first kappa shape index (κ1) is 22.9. The Hall–Kier alpha value is -2.30. The molecule has 2 heterocycles. The minimum Gasteiger partial charge on any atom is -0.509 e. The second kappa shape index (κ2) is 8.57. The van der Waals surface area contributed by atoms with Crippen LogP contribution in [0.1, 0.15) is 25.3 Å². The Bertz CT molecular complexity index is 1160. The van der Waals surface area contributed by atoms with Gasteiger partial charge in [-0.3, -0.25) is 14.6 Å². The highest BCUT2D eigenvalue weighted by Crippen LogP contribution is 2.42. The molecule has 2 aromatic carbocycles. The third kappa shape index (κ3) is 3.84. The molecule has 1 atom stereocenters. The van der Waals surface area contributed by atoms with Gasteiger partial charge in [0.15, 0.2) is 0 Å². The average molecular weight is 571 g/mol. The summed E-state index contributed by atoms with van der Waals surface area (Å²) in [6.07, 6.45) is 1.22. The van der Waals surface area contributed by atoms with E-state index in [-0.39, 0.29) is 26.9 Å². The lowest BCUT2D eigenvalue weighted by molar-refractivity contribution is -0.160. The van der Waals surface area contributed by atoms with Gasteiger partial charge in [0.1, 0.15) is 23.0 Å². The van der Waals surface area contributed by atoms with Gasteiger partial charge in [-0.15, -0.1) is 0 Å². The van der Waals surface area contributed by atoms with Crippen molar-refractivity contribution in [2.75, 3.05) is 11.9 Å². The van der Waals surface area contributed by atoms with Gasteiger partial charge in [-0.05, 0) is 81.5 Å². The molecule has 10 heteroatoms. The summed E-state index contributed by atoms with van der Waals surface area (Å²) in [5.74, 6) is -2.93. The number of aliphatic hydroxyl groups is 1. The largest absolute Gasteiger partial charge is 0.509 e. The second-order valence-electron chi connectivity index (χ2n) is 7.88. The zero-order chi connectivity index (χ0) is 23.2. The molecule has 2 aliphatic rings. The summed E-state index contributed by atoms with van der Waals surface area (Å²) in [4.78, 5) is 26.4.